The number of Topliss-reactive ketones (excluding diaryl/α,β-unsaturated/α-hetero) is 1. The second kappa shape index (κ2) is 16.1. The maximum Gasteiger partial charge on any atom is 0.407 e. The zero-order chi connectivity index (χ0) is 41.4. The number of rotatable bonds is 13. The minimum atomic E-state index is -1.83. The molecule has 2 aromatic heterocycles. The third-order valence-electron chi connectivity index (χ3n) is 11.7. The fraction of sp³-hybridized carbons (Fsp3) is 0.348. The quantitative estimate of drug-likeness (QED) is 0.0968. The normalized spacial score (nSPS) is 17.2. The summed E-state index contributed by atoms with van der Waals surface area (Å²) in [5.74, 6) is -2.44. The summed E-state index contributed by atoms with van der Waals surface area (Å²) in [6.07, 6.45) is 0.861. The Hall–Kier alpha value is -6.34. The van der Waals surface area contributed by atoms with Gasteiger partial charge in [0.2, 0.25) is 17.3 Å². The van der Waals surface area contributed by atoms with Gasteiger partial charge in [-0.25, -0.2) is 14.6 Å². The molecule has 0 saturated heterocycles. The van der Waals surface area contributed by atoms with E-state index >= 15 is 0 Å². The summed E-state index contributed by atoms with van der Waals surface area (Å²) >= 11 is 0. The van der Waals surface area contributed by atoms with Crippen LogP contribution < -0.4 is 26.7 Å². The number of carbonyl (C=O) groups is 4. The van der Waals surface area contributed by atoms with Crippen molar-refractivity contribution < 1.29 is 33.4 Å². The van der Waals surface area contributed by atoms with Gasteiger partial charge in [0, 0.05) is 23.4 Å². The molecule has 0 saturated carbocycles. The molecule has 5 aromatic rings. The van der Waals surface area contributed by atoms with Gasteiger partial charge in [-0.1, -0.05) is 87.5 Å². The molecule has 3 atom stereocenters. The number of fused-ring (bicyclic) bond motifs is 8. The van der Waals surface area contributed by atoms with E-state index in [1.54, 1.807) is 31.4 Å². The molecule has 0 fully saturated rings. The molecule has 0 radical (unpaired) electrons. The lowest BCUT2D eigenvalue weighted by molar-refractivity contribution is -0.176. The fourth-order valence-corrected chi connectivity index (χ4v) is 8.52. The Labute approximate surface area is 341 Å². The first-order valence-corrected chi connectivity index (χ1v) is 20.2. The van der Waals surface area contributed by atoms with Gasteiger partial charge in [-0.05, 0) is 72.1 Å². The third-order valence-corrected chi connectivity index (χ3v) is 11.7. The van der Waals surface area contributed by atoms with Gasteiger partial charge in [-0.2, -0.15) is 0 Å². The number of pyridine rings is 2. The number of unbranched alkanes of at least 4 members (excludes halogenated alkanes) is 1. The fourth-order valence-electron chi connectivity index (χ4n) is 8.52. The number of esters is 1. The number of carbonyl (C=O) groups excluding carboxylic acids is 4. The van der Waals surface area contributed by atoms with Crippen LogP contribution in [0.5, 0.6) is 5.75 Å². The average molecular weight is 798 g/mol. The summed E-state index contributed by atoms with van der Waals surface area (Å²) in [4.78, 5) is 72.4. The number of amides is 2. The topological polar surface area (TPSA) is 181 Å². The molecule has 0 bridgehead atoms. The van der Waals surface area contributed by atoms with Crippen molar-refractivity contribution in [2.75, 3.05) is 19.8 Å². The summed E-state index contributed by atoms with van der Waals surface area (Å²) < 4.78 is 19.0. The largest absolute Gasteiger partial charge is 0.479 e. The van der Waals surface area contributed by atoms with E-state index in [-0.39, 0.29) is 36.8 Å². The molecule has 1 aliphatic carbocycles. The standard InChI is InChI=1S/C46H47N5O8/c1-4-46(34-22-37-40-28(21-27-13-5-10-19-36(27)49-40)23-51(37)43(54)41(34)57-25-38(46)52)59-44(55)39(26(2)3)50-42(53)35(47)18-11-12-20-48-45(56)58-24-33-31-16-8-6-14-29(31)30-15-7-9-17-32(30)33/h5-10,13-17,19,21-22,26,33,35,39H,4,11-12,18,20,23-25,47H2,1-3H3,(H,48,56)(H,50,53)/t35-,39-,46-/m0/s1. The minimum absolute atomic E-state index is 0.0250. The van der Waals surface area contributed by atoms with Gasteiger partial charge in [-0.15, -0.1) is 0 Å². The van der Waals surface area contributed by atoms with E-state index in [0.29, 0.717) is 37.2 Å². The van der Waals surface area contributed by atoms with Gasteiger partial charge in [0.15, 0.2) is 12.4 Å². The Morgan fingerprint density at radius 3 is 2.37 bits per heavy atom. The average Bonchev–Trinajstić information content (AvgIpc) is 3.76. The molecule has 13 nitrogen and oxygen atoms in total. The van der Waals surface area contributed by atoms with Crippen molar-refractivity contribution >= 4 is 34.7 Å². The molecule has 4 N–H and O–H groups in total. The van der Waals surface area contributed by atoms with Crippen LogP contribution in [0.1, 0.15) is 74.6 Å². The Bertz CT molecular complexity index is 2500. The number of nitrogens with one attached hydrogen (secondary N) is 2. The number of para-hydroxylation sites is 1. The summed E-state index contributed by atoms with van der Waals surface area (Å²) in [5.41, 5.74) is 11.4. The van der Waals surface area contributed by atoms with E-state index in [0.717, 1.165) is 38.7 Å². The lowest BCUT2D eigenvalue weighted by Gasteiger charge is -2.37. The predicted molar refractivity (Wildman–Crippen MR) is 221 cm³/mol. The number of aromatic nitrogens is 2. The van der Waals surface area contributed by atoms with Crippen LogP contribution in [0.4, 0.5) is 4.79 Å². The van der Waals surface area contributed by atoms with Crippen LogP contribution in [-0.4, -0.2) is 65.1 Å². The molecular formula is C46H47N5O8. The lowest BCUT2D eigenvalue weighted by Crippen LogP contribution is -2.55. The van der Waals surface area contributed by atoms with Crippen molar-refractivity contribution in [1.29, 1.82) is 0 Å². The number of nitrogens with two attached hydrogens (primary N) is 1. The summed E-state index contributed by atoms with van der Waals surface area (Å²) in [6, 6.07) is 25.5. The Morgan fingerprint density at radius 1 is 0.966 bits per heavy atom. The number of ketones is 1. The Kier molecular flexibility index (Phi) is 10.8. The van der Waals surface area contributed by atoms with E-state index < -0.39 is 59.5 Å². The number of nitrogens with zero attached hydrogens (tertiary/aromatic N) is 2. The maximum atomic E-state index is 14.0. The number of alkyl carbamates (subject to hydrolysis) is 1. The van der Waals surface area contributed by atoms with E-state index in [2.05, 4.69) is 34.9 Å². The number of benzene rings is 3. The van der Waals surface area contributed by atoms with Crippen LogP contribution in [0.2, 0.25) is 0 Å². The second-order valence-corrected chi connectivity index (χ2v) is 15.8. The van der Waals surface area contributed by atoms with Crippen molar-refractivity contribution in [2.24, 2.45) is 11.7 Å². The van der Waals surface area contributed by atoms with E-state index in [9.17, 15) is 24.0 Å². The molecule has 304 valence electrons. The lowest BCUT2D eigenvalue weighted by atomic mass is 9.84. The summed E-state index contributed by atoms with van der Waals surface area (Å²) in [5, 5.41) is 6.46. The van der Waals surface area contributed by atoms with Crippen molar-refractivity contribution in [2.45, 2.75) is 76.6 Å². The number of hydrogen-bond acceptors (Lipinski definition) is 10. The summed E-state index contributed by atoms with van der Waals surface area (Å²) in [7, 11) is 0. The van der Waals surface area contributed by atoms with Gasteiger partial charge in [0.1, 0.15) is 12.6 Å². The molecule has 3 aliphatic rings. The molecule has 2 amide bonds. The third kappa shape index (κ3) is 7.24. The maximum absolute atomic E-state index is 14.0. The first-order chi connectivity index (χ1) is 28.5. The van der Waals surface area contributed by atoms with Crippen LogP contribution in [0.15, 0.2) is 89.7 Å². The molecule has 59 heavy (non-hydrogen) atoms. The van der Waals surface area contributed by atoms with Gasteiger partial charge in [0.05, 0.1) is 35.1 Å². The first kappa shape index (κ1) is 39.5. The number of ether oxygens (including phenoxy) is 3. The van der Waals surface area contributed by atoms with E-state index in [1.807, 2.05) is 54.6 Å². The Morgan fingerprint density at radius 2 is 1.66 bits per heavy atom. The van der Waals surface area contributed by atoms with E-state index in [1.165, 1.54) is 0 Å². The predicted octanol–water partition coefficient (Wildman–Crippen LogP) is 5.71. The van der Waals surface area contributed by atoms with E-state index in [4.69, 9.17) is 24.9 Å². The number of hydrogen-bond donors (Lipinski definition) is 3. The SMILES string of the molecule is CC[C@@]1(OC(=O)[C@@H](NC(=O)[C@@H](N)CCCCNC(=O)OCC2c3ccccc3-c3ccccc32)C(C)C)C(=O)COc2c1cc1n(c2=O)Cc2cc3ccccc3nc2-1. The van der Waals surface area contributed by atoms with Crippen molar-refractivity contribution in [3.8, 4) is 28.3 Å². The smallest absolute Gasteiger partial charge is 0.407 e. The molecular weight excluding hydrogens is 751 g/mol. The molecule has 13 heteroatoms. The molecule has 2 aliphatic heterocycles. The highest BCUT2D eigenvalue weighted by molar-refractivity contribution is 5.96. The van der Waals surface area contributed by atoms with Crippen LogP contribution in [-0.2, 0) is 36.0 Å². The van der Waals surface area contributed by atoms with Crippen molar-refractivity contribution in [3.05, 3.63) is 118 Å². The van der Waals surface area contributed by atoms with Gasteiger partial charge >= 0.3 is 12.1 Å². The summed E-state index contributed by atoms with van der Waals surface area (Å²) in [6.45, 7) is 5.55. The van der Waals surface area contributed by atoms with Crippen molar-refractivity contribution in [1.82, 2.24) is 20.2 Å². The zero-order valence-electron chi connectivity index (χ0n) is 33.3. The molecule has 0 spiro atoms. The first-order valence-electron chi connectivity index (χ1n) is 20.2. The van der Waals surface area contributed by atoms with Crippen LogP contribution >= 0.6 is 0 Å². The van der Waals surface area contributed by atoms with Crippen LogP contribution in [0.25, 0.3) is 33.4 Å². The monoisotopic (exact) mass is 797 g/mol. The molecule has 8 rings (SSSR count). The highest BCUT2D eigenvalue weighted by atomic mass is 16.6. The van der Waals surface area contributed by atoms with Gasteiger partial charge < -0.3 is 30.6 Å². The highest BCUT2D eigenvalue weighted by Gasteiger charge is 2.50. The molecule has 4 heterocycles. The second-order valence-electron chi connectivity index (χ2n) is 15.8. The van der Waals surface area contributed by atoms with Gasteiger partial charge in [-0.3, -0.25) is 19.0 Å². The highest BCUT2D eigenvalue weighted by Crippen LogP contribution is 2.45. The van der Waals surface area contributed by atoms with Crippen LogP contribution in [0.3, 0.4) is 0 Å². The van der Waals surface area contributed by atoms with Crippen LogP contribution in [0, 0.1) is 5.92 Å². The Balaban J connectivity index is 0.870. The minimum Gasteiger partial charge on any atom is -0.479 e. The van der Waals surface area contributed by atoms with Crippen molar-refractivity contribution in [3.63, 3.8) is 0 Å². The molecule has 0 unspecified atom stereocenters. The van der Waals surface area contributed by atoms with Gasteiger partial charge in [0.25, 0.3) is 5.56 Å². The zero-order valence-corrected chi connectivity index (χ0v) is 33.3. The molecule has 3 aromatic carbocycles.